The zero-order valence-corrected chi connectivity index (χ0v) is 9.97. The van der Waals surface area contributed by atoms with E-state index in [1.54, 1.807) is 0 Å². The van der Waals surface area contributed by atoms with Gasteiger partial charge in [0.1, 0.15) is 11.4 Å². The van der Waals surface area contributed by atoms with Crippen molar-refractivity contribution in [2.75, 3.05) is 7.11 Å². The third kappa shape index (κ3) is 2.92. The van der Waals surface area contributed by atoms with Crippen LogP contribution in [0.2, 0.25) is 0 Å². The molecule has 19 heavy (non-hydrogen) atoms. The Balaban J connectivity index is 2.24. The first-order chi connectivity index (χ1) is 8.90. The van der Waals surface area contributed by atoms with Crippen molar-refractivity contribution >= 4 is 0 Å². The summed E-state index contributed by atoms with van der Waals surface area (Å²) in [6.45, 7) is 0. The lowest BCUT2D eigenvalue weighted by Gasteiger charge is -2.04. The first kappa shape index (κ1) is 13.1. The Morgan fingerprint density at radius 2 is 1.95 bits per heavy atom. The molecule has 0 aromatic carbocycles. The summed E-state index contributed by atoms with van der Waals surface area (Å²) >= 11 is 0. The van der Waals surface area contributed by atoms with Crippen LogP contribution in [-0.2, 0) is 13.2 Å². The lowest BCUT2D eigenvalue weighted by atomic mass is 10.4. The van der Waals surface area contributed by atoms with Crippen LogP contribution in [0.1, 0.15) is 5.69 Å². The van der Waals surface area contributed by atoms with E-state index in [0.29, 0.717) is 10.4 Å². The number of halogens is 3. The Bertz CT molecular complexity index is 582. The molecule has 2 rings (SSSR count). The van der Waals surface area contributed by atoms with Crippen molar-refractivity contribution in [2.24, 2.45) is 7.05 Å². The second kappa shape index (κ2) is 4.75. The van der Waals surface area contributed by atoms with Gasteiger partial charge in [0.25, 0.3) is 0 Å². The molecule has 2 aromatic heterocycles. The standard InChI is InChI=1S/C10H9F3N4O2/c1-17-7(10(11,12)13)4-9(16-17)19-8-3-6(18-2)5-14-15-8/h3-5H,1-2H3. The highest BCUT2D eigenvalue weighted by atomic mass is 19.4. The van der Waals surface area contributed by atoms with Gasteiger partial charge in [0.05, 0.1) is 13.3 Å². The first-order valence-electron chi connectivity index (χ1n) is 5.06. The lowest BCUT2D eigenvalue weighted by molar-refractivity contribution is -0.143. The molecular weight excluding hydrogens is 265 g/mol. The molecule has 0 saturated heterocycles. The molecule has 0 fully saturated rings. The summed E-state index contributed by atoms with van der Waals surface area (Å²) in [4.78, 5) is 0. The Morgan fingerprint density at radius 1 is 1.21 bits per heavy atom. The highest BCUT2D eigenvalue weighted by Gasteiger charge is 2.35. The van der Waals surface area contributed by atoms with Crippen LogP contribution < -0.4 is 9.47 Å². The van der Waals surface area contributed by atoms with Crippen molar-refractivity contribution in [1.82, 2.24) is 20.0 Å². The maximum atomic E-state index is 12.6. The summed E-state index contributed by atoms with van der Waals surface area (Å²) in [6.07, 6.45) is -3.16. The van der Waals surface area contributed by atoms with Crippen LogP contribution in [0.25, 0.3) is 0 Å². The number of aromatic nitrogens is 4. The molecule has 0 saturated carbocycles. The van der Waals surface area contributed by atoms with Crippen molar-refractivity contribution < 1.29 is 22.6 Å². The van der Waals surface area contributed by atoms with Gasteiger partial charge in [0, 0.05) is 19.2 Å². The molecule has 0 bridgehead atoms. The van der Waals surface area contributed by atoms with Gasteiger partial charge in [0.15, 0.2) is 0 Å². The normalized spacial score (nSPS) is 11.4. The van der Waals surface area contributed by atoms with Crippen LogP contribution >= 0.6 is 0 Å². The fourth-order valence-corrected chi connectivity index (χ4v) is 1.36. The van der Waals surface area contributed by atoms with Crippen molar-refractivity contribution in [3.8, 4) is 17.5 Å². The Labute approximate surface area is 105 Å². The smallest absolute Gasteiger partial charge is 0.433 e. The first-order valence-corrected chi connectivity index (χ1v) is 5.06. The molecule has 0 radical (unpaired) electrons. The van der Waals surface area contributed by atoms with Crippen molar-refractivity contribution in [1.29, 1.82) is 0 Å². The third-order valence-corrected chi connectivity index (χ3v) is 2.20. The van der Waals surface area contributed by atoms with Gasteiger partial charge < -0.3 is 9.47 Å². The van der Waals surface area contributed by atoms with Gasteiger partial charge in [-0.3, -0.25) is 4.68 Å². The largest absolute Gasteiger partial charge is 0.495 e. The summed E-state index contributed by atoms with van der Waals surface area (Å²) in [5.41, 5.74) is -0.918. The van der Waals surface area contributed by atoms with Crippen LogP contribution in [0.15, 0.2) is 18.3 Å². The molecule has 2 aromatic rings. The molecular formula is C10H9F3N4O2. The molecule has 0 spiro atoms. The molecule has 0 aliphatic rings. The Kier molecular flexibility index (Phi) is 3.28. The van der Waals surface area contributed by atoms with E-state index in [0.717, 1.165) is 6.07 Å². The molecule has 0 aliphatic carbocycles. The Hall–Kier alpha value is -2.32. The van der Waals surface area contributed by atoms with Gasteiger partial charge in [-0.25, -0.2) is 0 Å². The third-order valence-electron chi connectivity index (χ3n) is 2.20. The summed E-state index contributed by atoms with van der Waals surface area (Å²) < 4.78 is 48.3. The van der Waals surface area contributed by atoms with E-state index >= 15 is 0 Å². The molecule has 102 valence electrons. The molecule has 0 atom stereocenters. The summed E-state index contributed by atoms with van der Waals surface area (Å²) in [5.74, 6) is 0.139. The number of methoxy groups -OCH3 is 1. The number of alkyl halides is 3. The summed E-state index contributed by atoms with van der Waals surface area (Å²) in [7, 11) is 2.59. The SMILES string of the molecule is COc1cnnc(Oc2cc(C(F)(F)F)n(C)n2)c1. The summed E-state index contributed by atoms with van der Waals surface area (Å²) in [5, 5.41) is 10.8. The average Bonchev–Trinajstić information content (AvgIpc) is 2.70. The average molecular weight is 274 g/mol. The minimum Gasteiger partial charge on any atom is -0.495 e. The maximum absolute atomic E-state index is 12.6. The number of aryl methyl sites for hydroxylation is 1. The van der Waals surface area contributed by atoms with E-state index in [1.165, 1.54) is 26.4 Å². The van der Waals surface area contributed by atoms with E-state index < -0.39 is 11.9 Å². The topological polar surface area (TPSA) is 62.1 Å². The van der Waals surface area contributed by atoms with Gasteiger partial charge in [-0.2, -0.15) is 18.3 Å². The van der Waals surface area contributed by atoms with E-state index in [-0.39, 0.29) is 11.8 Å². The summed E-state index contributed by atoms with van der Waals surface area (Å²) in [6, 6.07) is 2.16. The molecule has 0 N–H and O–H groups in total. The van der Waals surface area contributed by atoms with Gasteiger partial charge in [-0.05, 0) is 0 Å². The minimum atomic E-state index is -4.50. The zero-order valence-electron chi connectivity index (χ0n) is 9.97. The van der Waals surface area contributed by atoms with Crippen molar-refractivity contribution in [3.63, 3.8) is 0 Å². The number of hydrogen-bond donors (Lipinski definition) is 0. The number of ether oxygens (including phenoxy) is 2. The second-order valence-corrected chi connectivity index (χ2v) is 3.52. The van der Waals surface area contributed by atoms with Gasteiger partial charge >= 0.3 is 6.18 Å². The monoisotopic (exact) mass is 274 g/mol. The molecule has 0 aliphatic heterocycles. The fraction of sp³-hybridized carbons (Fsp3) is 0.300. The van der Waals surface area contributed by atoms with Gasteiger partial charge in [-0.1, -0.05) is 0 Å². The Morgan fingerprint density at radius 3 is 2.53 bits per heavy atom. The zero-order chi connectivity index (χ0) is 14.0. The van der Waals surface area contributed by atoms with Crippen LogP contribution in [-0.4, -0.2) is 27.1 Å². The number of rotatable bonds is 3. The minimum absolute atomic E-state index is 0.00817. The highest BCUT2D eigenvalue weighted by molar-refractivity contribution is 5.27. The van der Waals surface area contributed by atoms with Gasteiger partial charge in [-0.15, -0.1) is 10.2 Å². The molecule has 0 unspecified atom stereocenters. The second-order valence-electron chi connectivity index (χ2n) is 3.52. The van der Waals surface area contributed by atoms with Crippen molar-refractivity contribution in [3.05, 3.63) is 24.0 Å². The van der Waals surface area contributed by atoms with E-state index in [2.05, 4.69) is 15.3 Å². The molecule has 0 amide bonds. The van der Waals surface area contributed by atoms with E-state index in [9.17, 15) is 13.2 Å². The molecule has 9 heteroatoms. The van der Waals surface area contributed by atoms with Crippen LogP contribution in [0.3, 0.4) is 0 Å². The quantitative estimate of drug-likeness (QED) is 0.857. The maximum Gasteiger partial charge on any atom is 0.433 e. The molecule has 2 heterocycles. The number of hydrogen-bond acceptors (Lipinski definition) is 5. The predicted molar refractivity (Wildman–Crippen MR) is 56.9 cm³/mol. The van der Waals surface area contributed by atoms with Crippen LogP contribution in [0, 0.1) is 0 Å². The lowest BCUT2D eigenvalue weighted by Crippen LogP contribution is -2.11. The van der Waals surface area contributed by atoms with Crippen molar-refractivity contribution in [2.45, 2.75) is 6.18 Å². The predicted octanol–water partition coefficient (Wildman–Crippen LogP) is 2.03. The van der Waals surface area contributed by atoms with Crippen LogP contribution in [0.5, 0.6) is 17.5 Å². The van der Waals surface area contributed by atoms with E-state index in [4.69, 9.17) is 9.47 Å². The highest BCUT2D eigenvalue weighted by Crippen LogP contribution is 2.32. The molecule has 6 nitrogen and oxygen atoms in total. The van der Waals surface area contributed by atoms with Crippen LogP contribution in [0.4, 0.5) is 13.2 Å². The van der Waals surface area contributed by atoms with E-state index in [1.807, 2.05) is 0 Å². The van der Waals surface area contributed by atoms with Gasteiger partial charge in [0.2, 0.25) is 11.8 Å². The number of nitrogens with zero attached hydrogens (tertiary/aromatic N) is 4. The fourth-order valence-electron chi connectivity index (χ4n) is 1.36.